The Hall–Kier alpha value is -18.8. The number of pyridine rings is 4. The Morgan fingerprint density at radius 3 is 0.933 bits per heavy atom. The maximum absolute atomic E-state index is 15.1. The SMILES string of the molecule is O=C1c2ccccc2C(=O)N1OC(CF)c1cc(=O)c(O)cn1O.O=C1c2ccccc2C(=O)N1OC(CF)c1cc(=O)c(OC(c2ccccc2)c2ccccc2)cn1OC(c1ccccc1)c1ccccc1.O=C1c2ccccc2C(=O)N1OC(CF)c1cc(OCc2ccccc2)c(OCc2ccccc2)c[n+]1O.O=C1c2ccccc2C(=O)N1OC(CF)c1cc(OCc2ccccc2)c(OCc2ccccc2)cn1. The number of aromatic nitrogens is 4. The molecule has 3 N–H and O–H groups in total. The van der Waals surface area contributed by atoms with Crippen molar-refractivity contribution < 1.29 is 124 Å². The number of imide groups is 4. The Morgan fingerprint density at radius 1 is 0.295 bits per heavy atom. The minimum atomic E-state index is -1.61. The Morgan fingerprint density at radius 2 is 0.584 bits per heavy atom. The van der Waals surface area contributed by atoms with Crippen molar-refractivity contribution in [3.63, 3.8) is 0 Å². The number of halogens is 4. The number of hydrogen-bond donors (Lipinski definition) is 3. The molecule has 4 atom stereocenters. The number of alkyl halides is 4. The van der Waals surface area contributed by atoms with Gasteiger partial charge in [-0.15, -0.1) is 20.3 Å². The molecule has 4 aliphatic heterocycles. The summed E-state index contributed by atoms with van der Waals surface area (Å²) in [5.41, 5.74) is 6.17. The van der Waals surface area contributed by atoms with Crippen LogP contribution in [0.1, 0.15) is 187 Å². The lowest BCUT2D eigenvalue weighted by Gasteiger charge is -2.28. The van der Waals surface area contributed by atoms with Crippen LogP contribution in [0.15, 0.2) is 398 Å². The first-order valence-electron chi connectivity index (χ1n) is 46.4. The van der Waals surface area contributed by atoms with Crippen LogP contribution in [0.3, 0.4) is 0 Å². The van der Waals surface area contributed by atoms with E-state index in [0.29, 0.717) is 47.4 Å². The second kappa shape index (κ2) is 47.6. The van der Waals surface area contributed by atoms with E-state index in [1.807, 2.05) is 243 Å². The number of benzene rings is 12. The zero-order chi connectivity index (χ0) is 104. The van der Waals surface area contributed by atoms with Crippen LogP contribution in [-0.4, -0.2) is 124 Å². The monoisotopic (exact) mass is 2010 g/mol. The van der Waals surface area contributed by atoms with E-state index < -0.39 is 127 Å². The van der Waals surface area contributed by atoms with E-state index in [2.05, 4.69) is 4.98 Å². The molecule has 0 fully saturated rings. The number of amides is 8. The lowest BCUT2D eigenvalue weighted by molar-refractivity contribution is -0.911. The molecule has 750 valence electrons. The number of rotatable bonds is 36. The van der Waals surface area contributed by atoms with Crippen molar-refractivity contribution in [3.8, 4) is 34.5 Å². The van der Waals surface area contributed by atoms with Gasteiger partial charge in [0.25, 0.3) is 59.1 Å². The highest BCUT2D eigenvalue weighted by molar-refractivity contribution is 6.22. The summed E-state index contributed by atoms with van der Waals surface area (Å²) < 4.78 is 89.3. The van der Waals surface area contributed by atoms with Crippen LogP contribution < -0.4 is 44.1 Å². The lowest BCUT2D eigenvalue weighted by atomic mass is 10.0. The smallest absolute Gasteiger partial charge is 0.285 e. The molecular formula is C114H89F4N8O23+. The number of carbonyl (C=O) groups is 8. The fourth-order valence-corrected chi connectivity index (χ4v) is 16.1. The highest BCUT2D eigenvalue weighted by Crippen LogP contribution is 2.40. The third-order valence-corrected chi connectivity index (χ3v) is 23.6. The van der Waals surface area contributed by atoms with E-state index in [-0.39, 0.29) is 111 Å². The van der Waals surface area contributed by atoms with Gasteiger partial charge < -0.3 is 38.8 Å². The first-order chi connectivity index (χ1) is 72.6. The maximum Gasteiger partial charge on any atom is 0.285 e. The molecule has 12 aromatic carbocycles. The van der Waals surface area contributed by atoms with Crippen LogP contribution in [0.4, 0.5) is 17.6 Å². The Bertz CT molecular complexity index is 7440. The van der Waals surface area contributed by atoms with Crippen LogP contribution in [0.25, 0.3) is 0 Å². The Balaban J connectivity index is 0.000000139. The molecule has 0 bridgehead atoms. The minimum Gasteiger partial charge on any atom is -0.503 e. The van der Waals surface area contributed by atoms with Crippen LogP contribution in [-0.2, 0) is 45.8 Å². The molecule has 4 aromatic heterocycles. The van der Waals surface area contributed by atoms with E-state index in [1.165, 1.54) is 84.0 Å². The molecule has 35 heteroatoms. The Labute approximate surface area is 846 Å². The molecular weight excluding hydrogens is 1930 g/mol. The molecule has 0 aliphatic carbocycles. The first kappa shape index (κ1) is 102. The number of ether oxygens (including phenoxy) is 5. The molecule has 20 rings (SSSR count). The van der Waals surface area contributed by atoms with Crippen LogP contribution in [0.5, 0.6) is 34.5 Å². The fraction of sp³-hybridized carbons (Fsp3) is 0.123. The van der Waals surface area contributed by atoms with Gasteiger partial charge in [0.15, 0.2) is 53.2 Å². The summed E-state index contributed by atoms with van der Waals surface area (Å²) in [5, 5.41) is 31.6. The van der Waals surface area contributed by atoms with Crippen molar-refractivity contribution in [3.05, 3.63) is 521 Å². The van der Waals surface area contributed by atoms with Gasteiger partial charge in [0.1, 0.15) is 59.2 Å². The largest absolute Gasteiger partial charge is 0.503 e. The van der Waals surface area contributed by atoms with Gasteiger partial charge in [0.2, 0.25) is 22.7 Å². The molecule has 4 unspecified atom stereocenters. The molecule has 0 radical (unpaired) electrons. The van der Waals surface area contributed by atoms with E-state index in [0.717, 1.165) is 56.6 Å². The predicted molar refractivity (Wildman–Crippen MR) is 525 cm³/mol. The van der Waals surface area contributed by atoms with Gasteiger partial charge in [0.05, 0.1) is 86.2 Å². The molecule has 0 saturated heterocycles. The van der Waals surface area contributed by atoms with Gasteiger partial charge in [-0.05, 0) is 93.0 Å². The summed E-state index contributed by atoms with van der Waals surface area (Å²) in [6.45, 7) is -3.71. The summed E-state index contributed by atoms with van der Waals surface area (Å²) in [7, 11) is 0. The number of aromatic hydroxyl groups is 1. The van der Waals surface area contributed by atoms with Gasteiger partial charge in [-0.3, -0.25) is 72.6 Å². The third kappa shape index (κ3) is 23.5. The summed E-state index contributed by atoms with van der Waals surface area (Å²) in [5.74, 6) is -5.47. The average Bonchev–Trinajstić information content (AvgIpc) is 1.71. The number of nitrogens with zero attached hydrogens (tertiary/aromatic N) is 8. The summed E-state index contributed by atoms with van der Waals surface area (Å²) >= 11 is 0. The highest BCUT2D eigenvalue weighted by Gasteiger charge is 2.45. The van der Waals surface area contributed by atoms with Crippen molar-refractivity contribution in [2.75, 3.05) is 26.7 Å². The minimum absolute atomic E-state index is 0.0748. The lowest BCUT2D eigenvalue weighted by Crippen LogP contribution is -2.41. The van der Waals surface area contributed by atoms with Crippen molar-refractivity contribution in [1.29, 1.82) is 0 Å². The summed E-state index contributed by atoms with van der Waals surface area (Å²) in [4.78, 5) is 160. The average molecular weight is 2010 g/mol. The number of hydroxylamine groups is 8. The molecule has 0 saturated carbocycles. The van der Waals surface area contributed by atoms with Gasteiger partial charge >= 0.3 is 0 Å². The molecule has 8 heterocycles. The van der Waals surface area contributed by atoms with Crippen LogP contribution in [0.2, 0.25) is 0 Å². The molecule has 4 aliphatic rings. The fourth-order valence-electron chi connectivity index (χ4n) is 16.1. The summed E-state index contributed by atoms with van der Waals surface area (Å²) in [6, 6.07) is 105. The van der Waals surface area contributed by atoms with Gasteiger partial charge in [-0.2, -0.15) is 9.46 Å². The zero-order valence-electron chi connectivity index (χ0n) is 78.7. The molecule has 149 heavy (non-hydrogen) atoms. The van der Waals surface area contributed by atoms with E-state index in [4.69, 9.17) is 47.9 Å². The number of carbonyl (C=O) groups excluding carboxylic acids is 8. The van der Waals surface area contributed by atoms with E-state index >= 15 is 4.39 Å². The Kier molecular flexibility index (Phi) is 32.5. The van der Waals surface area contributed by atoms with Gasteiger partial charge in [0, 0.05) is 22.9 Å². The van der Waals surface area contributed by atoms with Crippen molar-refractivity contribution in [1.82, 2.24) is 34.7 Å². The van der Waals surface area contributed by atoms with E-state index in [1.54, 1.807) is 48.5 Å². The number of fused-ring (bicyclic) bond motifs is 4. The molecule has 0 spiro atoms. The highest BCUT2D eigenvalue weighted by atomic mass is 19.1. The molecule has 16 aromatic rings. The second-order valence-corrected chi connectivity index (χ2v) is 33.4. The van der Waals surface area contributed by atoms with Crippen molar-refractivity contribution >= 4 is 47.3 Å². The van der Waals surface area contributed by atoms with Gasteiger partial charge in [-0.25, -0.2) is 22.4 Å². The van der Waals surface area contributed by atoms with Crippen molar-refractivity contribution in [2.24, 2.45) is 0 Å². The topological polar surface area (TPSA) is 363 Å². The van der Waals surface area contributed by atoms with Crippen LogP contribution in [0, 0.1) is 0 Å². The zero-order valence-corrected chi connectivity index (χ0v) is 78.7. The second-order valence-electron chi connectivity index (χ2n) is 33.4. The quantitative estimate of drug-likeness (QED) is 0.0142. The summed E-state index contributed by atoms with van der Waals surface area (Å²) in [6.07, 6.45) is -2.75. The molecule has 31 nitrogen and oxygen atoms in total. The predicted octanol–water partition coefficient (Wildman–Crippen LogP) is 18.6. The third-order valence-electron chi connectivity index (χ3n) is 23.6. The van der Waals surface area contributed by atoms with Crippen LogP contribution >= 0.6 is 0 Å². The maximum atomic E-state index is 15.1. The van der Waals surface area contributed by atoms with E-state index in [9.17, 15) is 76.6 Å². The van der Waals surface area contributed by atoms with Gasteiger partial charge in [-0.1, -0.05) is 291 Å². The van der Waals surface area contributed by atoms with Crippen molar-refractivity contribution in [2.45, 2.75) is 63.1 Å². The standard InChI is InChI=1S/C41H31FN2O6.C29H24FN2O6.C29H23FN2O5.C15H11FN2O6/c42-26-36(49-44-40(46)32-23-13-14-24-33(32)41(44)47)34-25-35(45)37(48-38(28-15-5-1-6-16-28)29-17-7-2-8-18-29)27-43(34)50-39(30-19-9-3-10-20-30)31-21-11-4-12-22-31;30-16-26(38-32-28(33)22-13-7-8-14-23(22)29(32)34)24-15-25(36-18-20-9-3-1-4-10-20)27(17-31(24)35)37-19-21-11-5-2-6-12-21;30-16-26(37-32-28(33)22-13-7-8-14-23(22)29(32)34)24-15-25(35-18-20-9-3-1-4-10-20)27(17-31-24)36-19-21-11-5-2-6-12-21;16-6-13(10-5-11(19)12(20)7-17(10)23)24-18-14(21)8-3-1-2-4-9(8)15(18)22/h1-25,27,36,38-39H,26H2;1-15,17,26,35H,16,18-19H2;1-15,17,26H,16,18-19H2;1-5,7,13,20,23H,6H2/q;+1;;. The first-order valence-corrected chi connectivity index (χ1v) is 46.4. The number of hydrogen-bond acceptors (Lipinski definition) is 24. The normalized spacial score (nSPS) is 13.5. The molecule has 8 amide bonds.